The molecule has 2 unspecified atom stereocenters. The molecular formula is C15H28N4O. The van der Waals surface area contributed by atoms with Gasteiger partial charge in [0.15, 0.2) is 5.82 Å². The molecule has 20 heavy (non-hydrogen) atoms. The molecule has 1 aliphatic rings. The minimum atomic E-state index is -0.405. The molecule has 0 amide bonds. The summed E-state index contributed by atoms with van der Waals surface area (Å²) in [4.78, 5) is 6.91. The highest BCUT2D eigenvalue weighted by atomic mass is 16.5. The van der Waals surface area contributed by atoms with Crippen LogP contribution in [0.2, 0.25) is 0 Å². The molecule has 0 bridgehead atoms. The van der Waals surface area contributed by atoms with E-state index in [4.69, 9.17) is 10.3 Å². The van der Waals surface area contributed by atoms with Gasteiger partial charge in [-0.2, -0.15) is 4.98 Å². The normalized spacial score (nSPS) is 27.1. The largest absolute Gasteiger partial charge is 0.337 e. The Balaban J connectivity index is 1.97. The van der Waals surface area contributed by atoms with Gasteiger partial charge in [0, 0.05) is 13.0 Å². The number of hydrogen-bond donors (Lipinski definition) is 1. The van der Waals surface area contributed by atoms with Crippen LogP contribution in [-0.4, -0.2) is 34.7 Å². The minimum absolute atomic E-state index is 0.405. The van der Waals surface area contributed by atoms with E-state index < -0.39 is 5.54 Å². The molecule has 2 atom stereocenters. The van der Waals surface area contributed by atoms with Crippen molar-refractivity contribution in [3.8, 4) is 0 Å². The molecule has 0 aromatic carbocycles. The number of nitrogens with zero attached hydrogens (tertiary/aromatic N) is 3. The van der Waals surface area contributed by atoms with Crippen molar-refractivity contribution in [2.24, 2.45) is 11.7 Å². The Morgan fingerprint density at radius 2 is 2.15 bits per heavy atom. The van der Waals surface area contributed by atoms with E-state index in [0.717, 1.165) is 51.1 Å². The van der Waals surface area contributed by atoms with Crippen LogP contribution >= 0.6 is 0 Å². The molecule has 2 rings (SSSR count). The van der Waals surface area contributed by atoms with Gasteiger partial charge in [-0.3, -0.25) is 0 Å². The van der Waals surface area contributed by atoms with Gasteiger partial charge in [-0.15, -0.1) is 0 Å². The summed E-state index contributed by atoms with van der Waals surface area (Å²) < 4.78 is 5.45. The smallest absolute Gasteiger partial charge is 0.246 e. The minimum Gasteiger partial charge on any atom is -0.337 e. The van der Waals surface area contributed by atoms with Crippen molar-refractivity contribution in [2.75, 3.05) is 19.6 Å². The van der Waals surface area contributed by atoms with Gasteiger partial charge >= 0.3 is 0 Å². The Morgan fingerprint density at radius 3 is 2.80 bits per heavy atom. The molecule has 5 nitrogen and oxygen atoms in total. The topological polar surface area (TPSA) is 68.2 Å². The monoisotopic (exact) mass is 280 g/mol. The summed E-state index contributed by atoms with van der Waals surface area (Å²) >= 11 is 0. The number of aromatic nitrogens is 2. The molecule has 1 aliphatic carbocycles. The summed E-state index contributed by atoms with van der Waals surface area (Å²) in [7, 11) is 0. The fraction of sp³-hybridized carbons (Fsp3) is 0.867. The standard InChI is InChI=1S/C15H28N4O/c1-4-19(5-2)10-8-13-17-14(20-18-13)15(16)9-6-7-12(3)11-15/h12H,4-11,16H2,1-3H3. The molecular weight excluding hydrogens is 252 g/mol. The predicted molar refractivity (Wildman–Crippen MR) is 79.3 cm³/mol. The van der Waals surface area contributed by atoms with Crippen molar-refractivity contribution in [1.29, 1.82) is 0 Å². The van der Waals surface area contributed by atoms with Crippen LogP contribution < -0.4 is 5.73 Å². The number of likely N-dealkylation sites (N-methyl/N-ethyl adjacent to an activating group) is 1. The average molecular weight is 280 g/mol. The lowest BCUT2D eigenvalue weighted by molar-refractivity contribution is 0.183. The molecule has 114 valence electrons. The maximum atomic E-state index is 6.49. The van der Waals surface area contributed by atoms with Crippen molar-refractivity contribution in [2.45, 2.75) is 58.4 Å². The van der Waals surface area contributed by atoms with Crippen LogP contribution in [0.4, 0.5) is 0 Å². The summed E-state index contributed by atoms with van der Waals surface area (Å²) in [5.41, 5.74) is 6.08. The van der Waals surface area contributed by atoms with Gasteiger partial charge < -0.3 is 15.2 Å². The molecule has 0 spiro atoms. The van der Waals surface area contributed by atoms with Crippen LogP contribution in [0.15, 0.2) is 4.52 Å². The molecule has 1 saturated carbocycles. The van der Waals surface area contributed by atoms with Crippen molar-refractivity contribution in [3.05, 3.63) is 11.7 Å². The summed E-state index contributed by atoms with van der Waals surface area (Å²) in [5.74, 6) is 2.06. The Kier molecular flexibility index (Phi) is 5.16. The zero-order chi connectivity index (χ0) is 14.6. The van der Waals surface area contributed by atoms with E-state index in [1.165, 1.54) is 6.42 Å². The molecule has 2 N–H and O–H groups in total. The second-order valence-corrected chi connectivity index (χ2v) is 6.15. The maximum absolute atomic E-state index is 6.49. The highest BCUT2D eigenvalue weighted by Crippen LogP contribution is 2.36. The molecule has 5 heteroatoms. The first-order valence-electron chi connectivity index (χ1n) is 7.91. The van der Waals surface area contributed by atoms with Crippen molar-refractivity contribution in [3.63, 3.8) is 0 Å². The van der Waals surface area contributed by atoms with Gasteiger partial charge in [-0.05, 0) is 31.8 Å². The average Bonchev–Trinajstić information content (AvgIpc) is 2.89. The quantitative estimate of drug-likeness (QED) is 0.866. The molecule has 1 heterocycles. The van der Waals surface area contributed by atoms with E-state index >= 15 is 0 Å². The summed E-state index contributed by atoms with van der Waals surface area (Å²) in [5, 5.41) is 4.11. The lowest BCUT2D eigenvalue weighted by Gasteiger charge is -2.33. The SMILES string of the molecule is CCN(CC)CCc1noc(C2(N)CCCC(C)C2)n1. The van der Waals surface area contributed by atoms with Gasteiger partial charge in [-0.25, -0.2) is 0 Å². The molecule has 1 aromatic heterocycles. The number of rotatable bonds is 6. The van der Waals surface area contributed by atoms with Crippen LogP contribution in [0.1, 0.15) is 58.2 Å². The van der Waals surface area contributed by atoms with Gasteiger partial charge in [-0.1, -0.05) is 38.8 Å². The van der Waals surface area contributed by atoms with E-state index in [-0.39, 0.29) is 0 Å². The summed E-state index contributed by atoms with van der Waals surface area (Å²) in [6.07, 6.45) is 5.13. The van der Waals surface area contributed by atoms with Crippen molar-refractivity contribution < 1.29 is 4.52 Å². The highest BCUT2D eigenvalue weighted by Gasteiger charge is 2.37. The van der Waals surface area contributed by atoms with E-state index in [1.54, 1.807) is 0 Å². The summed E-state index contributed by atoms with van der Waals surface area (Å²) in [6.45, 7) is 9.67. The summed E-state index contributed by atoms with van der Waals surface area (Å²) in [6, 6.07) is 0. The van der Waals surface area contributed by atoms with Gasteiger partial charge in [0.1, 0.15) is 0 Å². The lowest BCUT2D eigenvalue weighted by atomic mass is 9.77. The van der Waals surface area contributed by atoms with Crippen molar-refractivity contribution >= 4 is 0 Å². The molecule has 0 saturated heterocycles. The Hall–Kier alpha value is -0.940. The van der Waals surface area contributed by atoms with Gasteiger partial charge in [0.2, 0.25) is 5.89 Å². The fourth-order valence-electron chi connectivity index (χ4n) is 3.14. The Labute approximate surface area is 121 Å². The van der Waals surface area contributed by atoms with E-state index in [2.05, 4.69) is 35.8 Å². The first-order chi connectivity index (χ1) is 9.57. The zero-order valence-electron chi connectivity index (χ0n) is 13.1. The Bertz CT molecular complexity index is 416. The van der Waals surface area contributed by atoms with Crippen LogP contribution in [-0.2, 0) is 12.0 Å². The third kappa shape index (κ3) is 3.58. The molecule has 0 radical (unpaired) electrons. The molecule has 0 aliphatic heterocycles. The van der Waals surface area contributed by atoms with E-state index in [0.29, 0.717) is 11.8 Å². The van der Waals surface area contributed by atoms with E-state index in [9.17, 15) is 0 Å². The lowest BCUT2D eigenvalue weighted by Crippen LogP contribution is -2.41. The number of hydrogen-bond acceptors (Lipinski definition) is 5. The second-order valence-electron chi connectivity index (χ2n) is 6.15. The Morgan fingerprint density at radius 1 is 1.40 bits per heavy atom. The third-order valence-corrected chi connectivity index (χ3v) is 4.47. The maximum Gasteiger partial charge on any atom is 0.246 e. The van der Waals surface area contributed by atoms with E-state index in [1.807, 2.05) is 0 Å². The fourth-order valence-corrected chi connectivity index (χ4v) is 3.14. The predicted octanol–water partition coefficient (Wildman–Crippen LogP) is 2.32. The second kappa shape index (κ2) is 6.68. The van der Waals surface area contributed by atoms with Crippen LogP contribution in [0.25, 0.3) is 0 Å². The van der Waals surface area contributed by atoms with Gasteiger partial charge in [0.05, 0.1) is 5.54 Å². The van der Waals surface area contributed by atoms with Crippen LogP contribution in [0, 0.1) is 5.92 Å². The van der Waals surface area contributed by atoms with Crippen molar-refractivity contribution in [1.82, 2.24) is 15.0 Å². The zero-order valence-corrected chi connectivity index (χ0v) is 13.1. The molecule has 1 fully saturated rings. The molecule has 1 aromatic rings. The van der Waals surface area contributed by atoms with Crippen LogP contribution in [0.3, 0.4) is 0 Å². The van der Waals surface area contributed by atoms with Crippen LogP contribution in [0.5, 0.6) is 0 Å². The first-order valence-corrected chi connectivity index (χ1v) is 7.91. The van der Waals surface area contributed by atoms with Gasteiger partial charge in [0.25, 0.3) is 0 Å². The number of nitrogens with two attached hydrogens (primary N) is 1. The highest BCUT2D eigenvalue weighted by molar-refractivity contribution is 5.04. The third-order valence-electron chi connectivity index (χ3n) is 4.47. The first kappa shape index (κ1) is 15.4.